The van der Waals surface area contributed by atoms with Gasteiger partial charge in [-0.15, -0.1) is 23.7 Å². The molecule has 0 amide bonds. The highest BCUT2D eigenvalue weighted by Crippen LogP contribution is 2.27. The summed E-state index contributed by atoms with van der Waals surface area (Å²) in [6.45, 7) is 0. The van der Waals surface area contributed by atoms with Crippen LogP contribution in [0.5, 0.6) is 0 Å². The summed E-state index contributed by atoms with van der Waals surface area (Å²) in [6, 6.07) is 6.32. The molecule has 0 spiro atoms. The Balaban J connectivity index is 0.000000653. The lowest BCUT2D eigenvalue weighted by Crippen LogP contribution is -1.66. The number of benzene rings is 1. The zero-order valence-electron chi connectivity index (χ0n) is 6.65. The van der Waals surface area contributed by atoms with Crippen LogP contribution in [0.2, 0.25) is 0 Å². The second kappa shape index (κ2) is 3.01. The van der Waals surface area contributed by atoms with E-state index < -0.39 is 0 Å². The van der Waals surface area contributed by atoms with Gasteiger partial charge >= 0.3 is 0 Å². The first kappa shape index (κ1) is 8.53. The van der Waals surface area contributed by atoms with Crippen molar-refractivity contribution in [2.45, 2.75) is 0 Å². The van der Waals surface area contributed by atoms with Crippen LogP contribution in [0.3, 0.4) is 0 Å². The van der Waals surface area contributed by atoms with Crippen molar-refractivity contribution in [2.75, 3.05) is 0 Å². The lowest BCUT2D eigenvalue weighted by Gasteiger charge is -1.89. The van der Waals surface area contributed by atoms with Crippen LogP contribution in [0.25, 0.3) is 21.0 Å². The predicted octanol–water partition coefficient (Wildman–Crippen LogP) is 3.20. The van der Waals surface area contributed by atoms with Crippen LogP contribution in [-0.2, 0) is 0 Å². The molecule has 0 radical (unpaired) electrons. The predicted molar refractivity (Wildman–Crippen MR) is 58.7 cm³/mol. The van der Waals surface area contributed by atoms with Crippen molar-refractivity contribution < 1.29 is 0 Å². The summed E-state index contributed by atoms with van der Waals surface area (Å²) in [4.78, 5) is 0. The van der Waals surface area contributed by atoms with Crippen molar-refractivity contribution >= 4 is 44.7 Å². The SMILES string of the molecule is Cl.c1cc2ccc3[nH]ncc3c2s1. The van der Waals surface area contributed by atoms with E-state index in [-0.39, 0.29) is 12.4 Å². The minimum absolute atomic E-state index is 0. The number of hydrogen-bond acceptors (Lipinski definition) is 2. The van der Waals surface area contributed by atoms with E-state index >= 15 is 0 Å². The van der Waals surface area contributed by atoms with Crippen LogP contribution >= 0.6 is 23.7 Å². The molecule has 1 N–H and O–H groups in total. The quantitative estimate of drug-likeness (QED) is 0.607. The van der Waals surface area contributed by atoms with Crippen LogP contribution in [0.4, 0.5) is 0 Å². The molecule has 2 heterocycles. The second-order valence-electron chi connectivity index (χ2n) is 2.74. The lowest BCUT2D eigenvalue weighted by molar-refractivity contribution is 1.12. The minimum Gasteiger partial charge on any atom is -0.278 e. The third-order valence-corrected chi connectivity index (χ3v) is 3.00. The fourth-order valence-corrected chi connectivity index (χ4v) is 2.36. The van der Waals surface area contributed by atoms with E-state index in [0.29, 0.717) is 0 Å². The molecule has 0 saturated carbocycles. The number of hydrogen-bond donors (Lipinski definition) is 1. The standard InChI is InChI=1S/C9H6N2S.ClH/c1-2-8-7(5-10-11-8)9-6(1)3-4-12-9;/h1-5H,(H,10,11);1H. The Kier molecular flexibility index (Phi) is 1.98. The van der Waals surface area contributed by atoms with Crippen molar-refractivity contribution in [2.24, 2.45) is 0 Å². The number of halogens is 1. The summed E-state index contributed by atoms with van der Waals surface area (Å²) >= 11 is 1.76. The molecule has 2 nitrogen and oxygen atoms in total. The summed E-state index contributed by atoms with van der Waals surface area (Å²) in [5.41, 5.74) is 1.12. The van der Waals surface area contributed by atoms with E-state index in [1.165, 1.54) is 15.5 Å². The van der Waals surface area contributed by atoms with Crippen molar-refractivity contribution in [1.29, 1.82) is 0 Å². The molecule has 66 valence electrons. The Hall–Kier alpha value is -1.06. The normalized spacial score (nSPS) is 10.5. The van der Waals surface area contributed by atoms with Crippen LogP contribution < -0.4 is 0 Å². The Morgan fingerprint density at radius 3 is 3.08 bits per heavy atom. The number of nitrogens with one attached hydrogen (secondary N) is 1. The van der Waals surface area contributed by atoms with Gasteiger partial charge in [-0.05, 0) is 22.9 Å². The van der Waals surface area contributed by atoms with Crippen molar-refractivity contribution in [3.63, 3.8) is 0 Å². The Labute approximate surface area is 85.0 Å². The molecular formula is C9H7ClN2S. The molecule has 0 aliphatic heterocycles. The maximum Gasteiger partial charge on any atom is 0.0665 e. The molecule has 4 heteroatoms. The molecule has 2 aromatic heterocycles. The first-order valence-corrected chi connectivity index (χ1v) is 4.62. The summed E-state index contributed by atoms with van der Waals surface area (Å²) in [7, 11) is 0. The van der Waals surface area contributed by atoms with Gasteiger partial charge in [-0.25, -0.2) is 0 Å². The van der Waals surface area contributed by atoms with E-state index in [1.807, 2.05) is 6.20 Å². The molecule has 1 aromatic carbocycles. The van der Waals surface area contributed by atoms with Gasteiger partial charge in [0.25, 0.3) is 0 Å². The van der Waals surface area contributed by atoms with Gasteiger partial charge in [-0.2, -0.15) is 5.10 Å². The fraction of sp³-hybridized carbons (Fsp3) is 0. The number of nitrogens with zero attached hydrogens (tertiary/aromatic N) is 1. The van der Waals surface area contributed by atoms with E-state index in [0.717, 1.165) is 5.52 Å². The van der Waals surface area contributed by atoms with Gasteiger partial charge in [0.1, 0.15) is 0 Å². The van der Waals surface area contributed by atoms with E-state index in [2.05, 4.69) is 33.8 Å². The highest BCUT2D eigenvalue weighted by Gasteiger charge is 2.01. The molecule has 0 unspecified atom stereocenters. The molecule has 0 fully saturated rings. The zero-order chi connectivity index (χ0) is 7.97. The summed E-state index contributed by atoms with van der Waals surface area (Å²) < 4.78 is 1.32. The van der Waals surface area contributed by atoms with Crippen molar-refractivity contribution in [1.82, 2.24) is 10.2 Å². The third kappa shape index (κ3) is 1.12. The zero-order valence-corrected chi connectivity index (χ0v) is 8.28. The maximum absolute atomic E-state index is 4.01. The smallest absolute Gasteiger partial charge is 0.0665 e. The van der Waals surface area contributed by atoms with E-state index in [4.69, 9.17) is 0 Å². The summed E-state index contributed by atoms with van der Waals surface area (Å²) in [5, 5.41) is 11.6. The second-order valence-corrected chi connectivity index (χ2v) is 3.65. The third-order valence-electron chi connectivity index (χ3n) is 2.04. The van der Waals surface area contributed by atoms with Crippen LogP contribution in [-0.4, -0.2) is 10.2 Å². The van der Waals surface area contributed by atoms with E-state index in [1.54, 1.807) is 11.3 Å². The Bertz CT molecular complexity index is 491. The molecular weight excluding hydrogens is 204 g/mol. The summed E-state index contributed by atoms with van der Waals surface area (Å²) in [5.74, 6) is 0. The van der Waals surface area contributed by atoms with Crippen molar-refractivity contribution in [3.05, 3.63) is 29.8 Å². The largest absolute Gasteiger partial charge is 0.278 e. The Morgan fingerprint density at radius 2 is 2.15 bits per heavy atom. The van der Waals surface area contributed by atoms with Gasteiger partial charge < -0.3 is 0 Å². The Morgan fingerprint density at radius 1 is 1.23 bits per heavy atom. The van der Waals surface area contributed by atoms with Crippen LogP contribution in [0, 0.1) is 0 Å². The molecule has 0 bridgehead atoms. The number of H-pyrrole nitrogens is 1. The number of rotatable bonds is 0. The minimum atomic E-state index is 0. The molecule has 13 heavy (non-hydrogen) atoms. The van der Waals surface area contributed by atoms with E-state index in [9.17, 15) is 0 Å². The topological polar surface area (TPSA) is 28.7 Å². The molecule has 0 saturated heterocycles. The molecule has 0 aliphatic carbocycles. The van der Waals surface area contributed by atoms with Crippen molar-refractivity contribution in [3.8, 4) is 0 Å². The fourth-order valence-electron chi connectivity index (χ4n) is 1.45. The average Bonchev–Trinajstić information content (AvgIpc) is 2.71. The highest BCUT2D eigenvalue weighted by molar-refractivity contribution is 7.18. The average molecular weight is 211 g/mol. The van der Waals surface area contributed by atoms with Crippen LogP contribution in [0.1, 0.15) is 0 Å². The van der Waals surface area contributed by atoms with Gasteiger partial charge in [-0.3, -0.25) is 5.10 Å². The maximum atomic E-state index is 4.01. The van der Waals surface area contributed by atoms with Gasteiger partial charge in [0.2, 0.25) is 0 Å². The van der Waals surface area contributed by atoms with Gasteiger partial charge in [0.15, 0.2) is 0 Å². The number of aromatic amines is 1. The summed E-state index contributed by atoms with van der Waals surface area (Å²) in [6.07, 6.45) is 1.88. The lowest BCUT2D eigenvalue weighted by atomic mass is 10.2. The molecule has 0 aliphatic rings. The van der Waals surface area contributed by atoms with Gasteiger partial charge in [-0.1, -0.05) is 6.07 Å². The number of aromatic nitrogens is 2. The monoisotopic (exact) mass is 210 g/mol. The van der Waals surface area contributed by atoms with Crippen LogP contribution in [0.15, 0.2) is 29.8 Å². The first-order valence-electron chi connectivity index (χ1n) is 3.74. The van der Waals surface area contributed by atoms with Gasteiger partial charge in [0, 0.05) is 10.1 Å². The van der Waals surface area contributed by atoms with Gasteiger partial charge in [0.05, 0.1) is 11.7 Å². The molecule has 3 rings (SSSR count). The molecule has 3 aromatic rings. The molecule has 0 atom stereocenters. The first-order chi connectivity index (χ1) is 5.95. The highest BCUT2D eigenvalue weighted by atomic mass is 35.5. The number of thiophene rings is 1. The number of fused-ring (bicyclic) bond motifs is 3.